The Bertz CT molecular complexity index is 346. The number of hydrogen-bond donors (Lipinski definition) is 0. The quantitative estimate of drug-likeness (QED) is 0.798. The van der Waals surface area contributed by atoms with Crippen molar-refractivity contribution in [3.8, 4) is 6.07 Å². The van der Waals surface area contributed by atoms with Crippen LogP contribution in [-0.2, 0) is 13.5 Å². The molecule has 0 saturated carbocycles. The van der Waals surface area contributed by atoms with Crippen molar-refractivity contribution in [2.75, 3.05) is 0 Å². The van der Waals surface area contributed by atoms with Gasteiger partial charge in [-0.05, 0) is 15.9 Å². The number of rotatable bonds is 2. The molecular weight excluding hydrogens is 230 g/mol. The van der Waals surface area contributed by atoms with E-state index in [2.05, 4.69) is 40.8 Å². The molecule has 0 amide bonds. The third-order valence-corrected chi connectivity index (χ3v) is 2.60. The molecular formula is C9H12BrN3. The highest BCUT2D eigenvalue weighted by molar-refractivity contribution is 9.10. The normalized spacial score (nSPS) is 10.5. The zero-order valence-electron chi connectivity index (χ0n) is 8.00. The molecule has 0 N–H and O–H groups in total. The van der Waals surface area contributed by atoms with Crippen molar-refractivity contribution in [2.45, 2.75) is 26.2 Å². The molecule has 13 heavy (non-hydrogen) atoms. The van der Waals surface area contributed by atoms with Crippen molar-refractivity contribution < 1.29 is 0 Å². The van der Waals surface area contributed by atoms with Crippen molar-refractivity contribution in [1.82, 2.24) is 9.55 Å². The molecule has 70 valence electrons. The minimum absolute atomic E-state index is 0.383. The smallest absolute Gasteiger partial charge is 0.128 e. The molecule has 0 atom stereocenters. The van der Waals surface area contributed by atoms with E-state index in [9.17, 15) is 0 Å². The second-order valence-corrected chi connectivity index (χ2v) is 4.01. The second kappa shape index (κ2) is 3.93. The molecule has 0 saturated heterocycles. The Morgan fingerprint density at radius 3 is 2.62 bits per heavy atom. The van der Waals surface area contributed by atoms with Gasteiger partial charge in [0.1, 0.15) is 10.4 Å². The van der Waals surface area contributed by atoms with Crippen LogP contribution in [0.2, 0.25) is 0 Å². The maximum atomic E-state index is 8.60. The van der Waals surface area contributed by atoms with Gasteiger partial charge < -0.3 is 4.57 Å². The first-order valence-electron chi connectivity index (χ1n) is 4.15. The predicted octanol–water partition coefficient (Wildman–Crippen LogP) is 2.37. The summed E-state index contributed by atoms with van der Waals surface area (Å²) in [5.74, 6) is 1.39. The molecule has 4 heteroatoms. The molecule has 0 spiro atoms. The van der Waals surface area contributed by atoms with Crippen LogP contribution in [-0.4, -0.2) is 9.55 Å². The summed E-state index contributed by atoms with van der Waals surface area (Å²) in [5, 5.41) is 8.60. The molecule has 0 aliphatic rings. The van der Waals surface area contributed by atoms with Crippen LogP contribution >= 0.6 is 15.9 Å². The third kappa shape index (κ3) is 1.92. The summed E-state index contributed by atoms with van der Waals surface area (Å²) in [5.41, 5.74) is 0.950. The Morgan fingerprint density at radius 2 is 2.23 bits per heavy atom. The van der Waals surface area contributed by atoms with Crippen molar-refractivity contribution in [3.05, 3.63) is 16.1 Å². The van der Waals surface area contributed by atoms with E-state index in [4.69, 9.17) is 5.26 Å². The first-order valence-corrected chi connectivity index (χ1v) is 4.95. The molecule has 0 radical (unpaired) electrons. The molecule has 0 unspecified atom stereocenters. The van der Waals surface area contributed by atoms with Crippen LogP contribution in [0.4, 0.5) is 0 Å². The van der Waals surface area contributed by atoms with E-state index >= 15 is 0 Å². The van der Waals surface area contributed by atoms with Gasteiger partial charge in [0.15, 0.2) is 0 Å². The molecule has 3 nitrogen and oxygen atoms in total. The minimum Gasteiger partial charge on any atom is -0.333 e. The maximum Gasteiger partial charge on any atom is 0.128 e. The first-order chi connectivity index (χ1) is 6.07. The lowest BCUT2D eigenvalue weighted by Gasteiger charge is -2.05. The average Bonchev–Trinajstić information content (AvgIpc) is 2.32. The van der Waals surface area contributed by atoms with Gasteiger partial charge in [-0.2, -0.15) is 5.26 Å². The third-order valence-electron chi connectivity index (χ3n) is 1.96. The highest BCUT2D eigenvalue weighted by Gasteiger charge is 2.14. The summed E-state index contributed by atoms with van der Waals surface area (Å²) in [6.45, 7) is 4.18. The van der Waals surface area contributed by atoms with E-state index in [1.165, 1.54) is 0 Å². The zero-order valence-corrected chi connectivity index (χ0v) is 9.59. The van der Waals surface area contributed by atoms with Crippen LogP contribution < -0.4 is 0 Å². The number of nitrogens with zero attached hydrogens (tertiary/aromatic N) is 3. The van der Waals surface area contributed by atoms with Crippen LogP contribution in [0.15, 0.2) is 4.60 Å². The van der Waals surface area contributed by atoms with Crippen LogP contribution in [0.5, 0.6) is 0 Å². The Balaban J connectivity index is 3.16. The zero-order chi connectivity index (χ0) is 10.0. The van der Waals surface area contributed by atoms with E-state index < -0.39 is 0 Å². The number of hydrogen-bond acceptors (Lipinski definition) is 2. The summed E-state index contributed by atoms with van der Waals surface area (Å²) in [6, 6.07) is 2.13. The minimum atomic E-state index is 0.383. The topological polar surface area (TPSA) is 41.6 Å². The summed E-state index contributed by atoms with van der Waals surface area (Å²) >= 11 is 3.35. The van der Waals surface area contributed by atoms with Gasteiger partial charge in [-0.1, -0.05) is 13.8 Å². The molecule has 0 fully saturated rings. The van der Waals surface area contributed by atoms with Crippen molar-refractivity contribution >= 4 is 15.9 Å². The van der Waals surface area contributed by atoms with E-state index in [1.54, 1.807) is 0 Å². The summed E-state index contributed by atoms with van der Waals surface area (Å²) < 4.78 is 2.78. The van der Waals surface area contributed by atoms with Crippen LogP contribution in [0.25, 0.3) is 0 Å². The van der Waals surface area contributed by atoms with Gasteiger partial charge in [0, 0.05) is 13.0 Å². The monoisotopic (exact) mass is 241 g/mol. The molecule has 0 aliphatic heterocycles. The number of halogens is 1. The second-order valence-electron chi connectivity index (χ2n) is 3.26. The van der Waals surface area contributed by atoms with E-state index in [0.29, 0.717) is 12.3 Å². The first kappa shape index (κ1) is 10.3. The largest absolute Gasteiger partial charge is 0.333 e. The SMILES string of the molecule is CC(C)c1nc(Br)c(CC#N)n1C. The molecule has 0 aliphatic carbocycles. The van der Waals surface area contributed by atoms with Crippen molar-refractivity contribution in [3.63, 3.8) is 0 Å². The highest BCUT2D eigenvalue weighted by Crippen LogP contribution is 2.21. The molecule has 1 rings (SSSR count). The van der Waals surface area contributed by atoms with Gasteiger partial charge in [-0.25, -0.2) is 4.98 Å². The Kier molecular flexibility index (Phi) is 3.10. The fraction of sp³-hybridized carbons (Fsp3) is 0.556. The van der Waals surface area contributed by atoms with Gasteiger partial charge in [0.2, 0.25) is 0 Å². The number of nitriles is 1. The van der Waals surface area contributed by atoms with Crippen LogP contribution in [0.3, 0.4) is 0 Å². The highest BCUT2D eigenvalue weighted by atomic mass is 79.9. The Labute approximate surface area is 86.5 Å². The van der Waals surface area contributed by atoms with E-state index in [0.717, 1.165) is 16.1 Å². The van der Waals surface area contributed by atoms with Gasteiger partial charge in [-0.15, -0.1) is 0 Å². The molecule has 1 heterocycles. The lowest BCUT2D eigenvalue weighted by molar-refractivity contribution is 0.696. The molecule has 1 aromatic heterocycles. The summed E-state index contributed by atoms with van der Waals surface area (Å²) in [6.07, 6.45) is 0.400. The standard InChI is InChI=1S/C9H12BrN3/c1-6(2)9-12-8(10)7(4-5-11)13(9)3/h6H,4H2,1-3H3. The molecule has 0 bridgehead atoms. The molecule has 0 aromatic carbocycles. The van der Waals surface area contributed by atoms with Gasteiger partial charge in [0.25, 0.3) is 0 Å². The summed E-state index contributed by atoms with van der Waals surface area (Å²) in [4.78, 5) is 4.36. The molecule has 1 aromatic rings. The van der Waals surface area contributed by atoms with Gasteiger partial charge >= 0.3 is 0 Å². The summed E-state index contributed by atoms with van der Waals surface area (Å²) in [7, 11) is 1.94. The maximum absolute atomic E-state index is 8.60. The Hall–Kier alpha value is -0.820. The lowest BCUT2D eigenvalue weighted by Crippen LogP contribution is -2.02. The predicted molar refractivity (Wildman–Crippen MR) is 54.3 cm³/mol. The van der Waals surface area contributed by atoms with E-state index in [-0.39, 0.29) is 0 Å². The fourth-order valence-electron chi connectivity index (χ4n) is 1.30. The fourth-order valence-corrected chi connectivity index (χ4v) is 1.89. The lowest BCUT2D eigenvalue weighted by atomic mass is 10.2. The van der Waals surface area contributed by atoms with E-state index in [1.807, 2.05) is 11.6 Å². The van der Waals surface area contributed by atoms with Gasteiger partial charge in [0.05, 0.1) is 18.2 Å². The Morgan fingerprint density at radius 1 is 1.62 bits per heavy atom. The van der Waals surface area contributed by atoms with Crippen LogP contribution in [0, 0.1) is 11.3 Å². The number of aromatic nitrogens is 2. The van der Waals surface area contributed by atoms with Crippen molar-refractivity contribution in [2.24, 2.45) is 7.05 Å². The van der Waals surface area contributed by atoms with Gasteiger partial charge in [-0.3, -0.25) is 0 Å². The number of imidazole rings is 1. The average molecular weight is 242 g/mol. The van der Waals surface area contributed by atoms with Crippen LogP contribution in [0.1, 0.15) is 31.3 Å². The van der Waals surface area contributed by atoms with Crippen molar-refractivity contribution in [1.29, 1.82) is 5.26 Å².